The number of nitrogens with zero attached hydrogens (tertiary/aromatic N) is 2. The second-order valence-electron chi connectivity index (χ2n) is 4.93. The molecule has 0 saturated carbocycles. The van der Waals surface area contributed by atoms with E-state index in [1.165, 1.54) is 5.56 Å². The van der Waals surface area contributed by atoms with Crippen LogP contribution in [-0.2, 0) is 6.61 Å². The Morgan fingerprint density at radius 2 is 2.05 bits per heavy atom. The highest BCUT2D eigenvalue weighted by Gasteiger charge is 2.16. The van der Waals surface area contributed by atoms with Gasteiger partial charge in [-0.2, -0.15) is 0 Å². The van der Waals surface area contributed by atoms with Crippen molar-refractivity contribution in [3.8, 4) is 11.3 Å². The minimum Gasteiger partial charge on any atom is -0.390 e. The SMILES string of the molecule is Cc1ccc(-c2nc3c(Cl)cccn3c2CO)c(C)c1. The number of imidazole rings is 1. The highest BCUT2D eigenvalue weighted by atomic mass is 35.5. The van der Waals surface area contributed by atoms with Gasteiger partial charge < -0.3 is 5.11 Å². The van der Waals surface area contributed by atoms with E-state index in [-0.39, 0.29) is 6.61 Å². The molecular weight excluding hydrogens is 272 g/mol. The standard InChI is InChI=1S/C16H15ClN2O/c1-10-5-6-12(11(2)8-10)15-14(9-20)19-7-3-4-13(17)16(19)18-15/h3-8,20H,9H2,1-2H3. The summed E-state index contributed by atoms with van der Waals surface area (Å²) >= 11 is 6.19. The molecule has 0 bridgehead atoms. The summed E-state index contributed by atoms with van der Waals surface area (Å²) in [5.41, 5.74) is 5.60. The third-order valence-corrected chi connectivity index (χ3v) is 3.78. The van der Waals surface area contributed by atoms with Gasteiger partial charge >= 0.3 is 0 Å². The van der Waals surface area contributed by atoms with E-state index >= 15 is 0 Å². The van der Waals surface area contributed by atoms with E-state index in [4.69, 9.17) is 11.6 Å². The molecule has 0 aliphatic rings. The second kappa shape index (κ2) is 4.93. The molecule has 0 saturated heterocycles. The van der Waals surface area contributed by atoms with Crippen molar-refractivity contribution in [2.75, 3.05) is 0 Å². The monoisotopic (exact) mass is 286 g/mol. The van der Waals surface area contributed by atoms with Crippen LogP contribution in [0.15, 0.2) is 36.5 Å². The molecule has 3 aromatic rings. The number of aryl methyl sites for hydroxylation is 2. The van der Waals surface area contributed by atoms with Gasteiger partial charge in [-0.25, -0.2) is 4.98 Å². The van der Waals surface area contributed by atoms with Crippen molar-refractivity contribution in [3.05, 3.63) is 58.4 Å². The molecule has 2 heterocycles. The summed E-state index contributed by atoms with van der Waals surface area (Å²) in [6.45, 7) is 4.03. The number of pyridine rings is 1. The predicted octanol–water partition coefficient (Wildman–Crippen LogP) is 3.76. The smallest absolute Gasteiger partial charge is 0.156 e. The fraction of sp³-hybridized carbons (Fsp3) is 0.188. The first kappa shape index (κ1) is 13.2. The molecule has 1 N–H and O–H groups in total. The van der Waals surface area contributed by atoms with Gasteiger partial charge in [-0.3, -0.25) is 4.40 Å². The first-order valence-corrected chi connectivity index (χ1v) is 6.83. The van der Waals surface area contributed by atoms with E-state index in [1.54, 1.807) is 6.07 Å². The topological polar surface area (TPSA) is 37.5 Å². The van der Waals surface area contributed by atoms with Crippen LogP contribution in [0.2, 0.25) is 5.02 Å². The number of rotatable bonds is 2. The number of fused-ring (bicyclic) bond motifs is 1. The summed E-state index contributed by atoms with van der Waals surface area (Å²) in [4.78, 5) is 4.61. The van der Waals surface area contributed by atoms with Crippen LogP contribution in [0.4, 0.5) is 0 Å². The Bertz CT molecular complexity index is 793. The summed E-state index contributed by atoms with van der Waals surface area (Å²) in [6, 6.07) is 9.86. The summed E-state index contributed by atoms with van der Waals surface area (Å²) < 4.78 is 1.84. The van der Waals surface area contributed by atoms with E-state index in [0.717, 1.165) is 22.5 Å². The zero-order chi connectivity index (χ0) is 14.3. The highest BCUT2D eigenvalue weighted by molar-refractivity contribution is 6.33. The van der Waals surface area contributed by atoms with Crippen molar-refractivity contribution < 1.29 is 5.11 Å². The number of aliphatic hydroxyl groups is 1. The number of hydrogen-bond acceptors (Lipinski definition) is 2. The predicted molar refractivity (Wildman–Crippen MR) is 81.0 cm³/mol. The Morgan fingerprint density at radius 3 is 2.75 bits per heavy atom. The average Bonchev–Trinajstić information content (AvgIpc) is 2.78. The summed E-state index contributed by atoms with van der Waals surface area (Å²) in [6.07, 6.45) is 1.87. The summed E-state index contributed by atoms with van der Waals surface area (Å²) in [5.74, 6) is 0. The zero-order valence-corrected chi connectivity index (χ0v) is 12.1. The average molecular weight is 287 g/mol. The third-order valence-electron chi connectivity index (χ3n) is 3.49. The Balaban J connectivity index is 2.33. The van der Waals surface area contributed by atoms with Crippen LogP contribution in [0.5, 0.6) is 0 Å². The van der Waals surface area contributed by atoms with Gasteiger partial charge in [0, 0.05) is 11.8 Å². The fourth-order valence-electron chi connectivity index (χ4n) is 2.53. The molecule has 3 nitrogen and oxygen atoms in total. The van der Waals surface area contributed by atoms with Gasteiger partial charge in [0.15, 0.2) is 5.65 Å². The van der Waals surface area contributed by atoms with E-state index in [0.29, 0.717) is 10.7 Å². The van der Waals surface area contributed by atoms with Crippen LogP contribution < -0.4 is 0 Å². The molecule has 2 aromatic heterocycles. The lowest BCUT2D eigenvalue weighted by molar-refractivity contribution is 0.276. The number of aliphatic hydroxyl groups excluding tert-OH is 1. The van der Waals surface area contributed by atoms with Crippen LogP contribution >= 0.6 is 11.6 Å². The second-order valence-corrected chi connectivity index (χ2v) is 5.34. The minimum absolute atomic E-state index is 0.0792. The van der Waals surface area contributed by atoms with E-state index in [2.05, 4.69) is 31.0 Å². The van der Waals surface area contributed by atoms with Gasteiger partial charge in [-0.15, -0.1) is 0 Å². The molecule has 4 heteroatoms. The molecule has 0 aliphatic heterocycles. The molecule has 20 heavy (non-hydrogen) atoms. The lowest BCUT2D eigenvalue weighted by Crippen LogP contribution is -1.95. The van der Waals surface area contributed by atoms with Crippen molar-refractivity contribution >= 4 is 17.2 Å². The molecular formula is C16H15ClN2O. The van der Waals surface area contributed by atoms with Crippen molar-refractivity contribution in [2.45, 2.75) is 20.5 Å². The highest BCUT2D eigenvalue weighted by Crippen LogP contribution is 2.30. The Hall–Kier alpha value is -1.84. The lowest BCUT2D eigenvalue weighted by Gasteiger charge is -2.06. The Kier molecular flexibility index (Phi) is 3.24. The number of hydrogen-bond donors (Lipinski definition) is 1. The molecule has 1 aromatic carbocycles. The number of benzene rings is 1. The van der Waals surface area contributed by atoms with Crippen LogP contribution in [0.3, 0.4) is 0 Å². The molecule has 0 fully saturated rings. The molecule has 0 unspecified atom stereocenters. The molecule has 0 aliphatic carbocycles. The molecule has 0 atom stereocenters. The van der Waals surface area contributed by atoms with Gasteiger partial charge in [0.1, 0.15) is 0 Å². The summed E-state index contributed by atoms with van der Waals surface area (Å²) in [5, 5.41) is 10.3. The van der Waals surface area contributed by atoms with Crippen LogP contribution in [-0.4, -0.2) is 14.5 Å². The van der Waals surface area contributed by atoms with Gasteiger partial charge in [0.2, 0.25) is 0 Å². The maximum Gasteiger partial charge on any atom is 0.156 e. The Labute approximate surface area is 122 Å². The van der Waals surface area contributed by atoms with Crippen molar-refractivity contribution in [3.63, 3.8) is 0 Å². The van der Waals surface area contributed by atoms with E-state index < -0.39 is 0 Å². The first-order chi connectivity index (χ1) is 9.61. The van der Waals surface area contributed by atoms with Crippen molar-refractivity contribution in [1.29, 1.82) is 0 Å². The van der Waals surface area contributed by atoms with Crippen molar-refractivity contribution in [2.24, 2.45) is 0 Å². The fourth-order valence-corrected chi connectivity index (χ4v) is 2.74. The van der Waals surface area contributed by atoms with Crippen molar-refractivity contribution in [1.82, 2.24) is 9.38 Å². The molecule has 0 radical (unpaired) electrons. The first-order valence-electron chi connectivity index (χ1n) is 6.45. The number of aromatic nitrogens is 2. The molecule has 102 valence electrons. The van der Waals surface area contributed by atoms with E-state index in [1.807, 2.05) is 22.7 Å². The van der Waals surface area contributed by atoms with Gasteiger partial charge in [-0.1, -0.05) is 35.4 Å². The number of halogens is 1. The van der Waals surface area contributed by atoms with Gasteiger partial charge in [-0.05, 0) is 31.5 Å². The Morgan fingerprint density at radius 1 is 1.25 bits per heavy atom. The maximum atomic E-state index is 9.70. The molecule has 3 rings (SSSR count). The minimum atomic E-state index is -0.0792. The van der Waals surface area contributed by atoms with Gasteiger partial charge in [0.05, 0.1) is 23.0 Å². The maximum absolute atomic E-state index is 9.70. The van der Waals surface area contributed by atoms with Crippen LogP contribution in [0, 0.1) is 13.8 Å². The van der Waals surface area contributed by atoms with Crippen LogP contribution in [0.1, 0.15) is 16.8 Å². The largest absolute Gasteiger partial charge is 0.390 e. The quantitative estimate of drug-likeness (QED) is 0.779. The molecule has 0 spiro atoms. The normalized spacial score (nSPS) is 11.2. The lowest BCUT2D eigenvalue weighted by atomic mass is 10.0. The zero-order valence-electron chi connectivity index (χ0n) is 11.4. The van der Waals surface area contributed by atoms with Gasteiger partial charge in [0.25, 0.3) is 0 Å². The molecule has 0 amide bonds. The van der Waals surface area contributed by atoms with Crippen LogP contribution in [0.25, 0.3) is 16.9 Å². The summed E-state index contributed by atoms with van der Waals surface area (Å²) in [7, 11) is 0. The third kappa shape index (κ3) is 1.99. The van der Waals surface area contributed by atoms with E-state index in [9.17, 15) is 5.11 Å².